The van der Waals surface area contributed by atoms with Gasteiger partial charge in [-0.25, -0.2) is 13.1 Å². The summed E-state index contributed by atoms with van der Waals surface area (Å²) in [5.41, 5.74) is -0.711. The molecule has 0 spiro atoms. The Hall–Kier alpha value is -1.26. The van der Waals surface area contributed by atoms with Crippen LogP contribution < -0.4 is 10.0 Å². The summed E-state index contributed by atoms with van der Waals surface area (Å²) in [5.74, 6) is 0. The first kappa shape index (κ1) is 18.1. The third-order valence-corrected chi connectivity index (χ3v) is 5.65. The number of nitrogens with one attached hydrogen (secondary N) is 2. The quantitative estimate of drug-likeness (QED) is 0.558. The molecule has 8 nitrogen and oxygen atoms in total. The van der Waals surface area contributed by atoms with Gasteiger partial charge in [0.1, 0.15) is 4.90 Å². The van der Waals surface area contributed by atoms with Crippen LogP contribution in [0.15, 0.2) is 23.1 Å². The molecule has 1 atom stereocenters. The van der Waals surface area contributed by atoms with Crippen LogP contribution in [-0.4, -0.2) is 45.7 Å². The van der Waals surface area contributed by atoms with Gasteiger partial charge < -0.3 is 10.1 Å². The Morgan fingerprint density at radius 3 is 2.78 bits per heavy atom. The van der Waals surface area contributed by atoms with Crippen molar-refractivity contribution in [2.75, 3.05) is 26.8 Å². The summed E-state index contributed by atoms with van der Waals surface area (Å²) < 4.78 is 32.5. The highest BCUT2D eigenvalue weighted by Crippen LogP contribution is 2.27. The number of halogens is 1. The van der Waals surface area contributed by atoms with E-state index in [1.54, 1.807) is 7.11 Å². The Morgan fingerprint density at radius 1 is 1.52 bits per heavy atom. The number of non-ortho nitro benzene ring substituents is 1. The van der Waals surface area contributed by atoms with E-state index in [1.807, 2.05) is 0 Å². The van der Waals surface area contributed by atoms with Crippen LogP contribution in [0, 0.1) is 10.1 Å². The number of sulfonamides is 1. The van der Waals surface area contributed by atoms with Crippen molar-refractivity contribution in [2.45, 2.75) is 23.3 Å². The van der Waals surface area contributed by atoms with E-state index in [0.717, 1.165) is 37.6 Å². The number of nitrogens with zero attached hydrogens (tertiary/aromatic N) is 1. The van der Waals surface area contributed by atoms with Crippen LogP contribution in [0.5, 0.6) is 0 Å². The number of hydrogen-bond acceptors (Lipinski definition) is 6. The molecular weight excluding hydrogens is 346 g/mol. The first-order valence-corrected chi connectivity index (χ1v) is 8.83. The Morgan fingerprint density at radius 2 is 2.26 bits per heavy atom. The maximum absolute atomic E-state index is 12.4. The second-order valence-corrected chi connectivity index (χ2v) is 7.58. The minimum Gasteiger partial charge on any atom is -0.383 e. The lowest BCUT2D eigenvalue weighted by Crippen LogP contribution is -2.52. The van der Waals surface area contributed by atoms with E-state index in [4.69, 9.17) is 16.3 Å². The van der Waals surface area contributed by atoms with Crippen LogP contribution >= 0.6 is 11.6 Å². The molecule has 128 valence electrons. The van der Waals surface area contributed by atoms with Crippen LogP contribution in [0.3, 0.4) is 0 Å². The summed E-state index contributed by atoms with van der Waals surface area (Å²) in [6, 6.07) is 3.27. The number of benzene rings is 1. The third-order valence-electron chi connectivity index (χ3n) is 3.77. The van der Waals surface area contributed by atoms with Gasteiger partial charge >= 0.3 is 0 Å². The van der Waals surface area contributed by atoms with Crippen LogP contribution in [-0.2, 0) is 14.8 Å². The Bertz CT molecular complexity index is 689. The fourth-order valence-corrected chi connectivity index (χ4v) is 4.27. The van der Waals surface area contributed by atoms with Gasteiger partial charge in [0.15, 0.2) is 0 Å². The SMILES string of the molecule is COCC1(CNS(=O)(=O)c2ccc([N+](=O)[O-])cc2Cl)CCCN1. The number of nitro benzene ring substituents is 1. The predicted octanol–water partition coefficient (Wildman–Crippen LogP) is 1.30. The van der Waals surface area contributed by atoms with Gasteiger partial charge in [-0.15, -0.1) is 0 Å². The molecule has 0 aromatic heterocycles. The van der Waals surface area contributed by atoms with Crippen LogP contribution in [0.2, 0.25) is 5.02 Å². The molecular formula is C13H18ClN3O5S. The molecule has 2 rings (SSSR count). The maximum atomic E-state index is 12.4. The molecule has 0 amide bonds. The van der Waals surface area contributed by atoms with Crippen molar-refractivity contribution >= 4 is 27.3 Å². The highest BCUT2D eigenvalue weighted by molar-refractivity contribution is 7.89. The fourth-order valence-electron chi connectivity index (χ4n) is 2.60. The molecule has 0 bridgehead atoms. The Kier molecular flexibility index (Phi) is 5.58. The summed E-state index contributed by atoms with van der Waals surface area (Å²) >= 11 is 5.89. The van der Waals surface area contributed by atoms with Gasteiger partial charge in [-0.2, -0.15) is 0 Å². The summed E-state index contributed by atoms with van der Waals surface area (Å²) in [6.45, 7) is 1.32. The van der Waals surface area contributed by atoms with Gasteiger partial charge in [-0.3, -0.25) is 10.1 Å². The van der Waals surface area contributed by atoms with Crippen molar-refractivity contribution in [3.8, 4) is 0 Å². The van der Waals surface area contributed by atoms with E-state index >= 15 is 0 Å². The summed E-state index contributed by atoms with van der Waals surface area (Å²) in [7, 11) is -2.32. The summed E-state index contributed by atoms with van der Waals surface area (Å²) in [6.07, 6.45) is 1.72. The van der Waals surface area contributed by atoms with E-state index in [1.165, 1.54) is 0 Å². The van der Waals surface area contributed by atoms with Gasteiger partial charge in [-0.1, -0.05) is 11.6 Å². The smallest absolute Gasteiger partial charge is 0.271 e. The lowest BCUT2D eigenvalue weighted by atomic mass is 9.99. The number of rotatable bonds is 7. The summed E-state index contributed by atoms with van der Waals surface area (Å²) in [4.78, 5) is 9.87. The normalized spacial score (nSPS) is 21.5. The highest BCUT2D eigenvalue weighted by Gasteiger charge is 2.35. The van der Waals surface area contributed by atoms with E-state index in [-0.39, 0.29) is 22.2 Å². The average molecular weight is 364 g/mol. The number of hydrogen-bond donors (Lipinski definition) is 2. The number of nitro groups is 1. The molecule has 2 N–H and O–H groups in total. The molecule has 1 aromatic carbocycles. The van der Waals surface area contributed by atoms with E-state index in [9.17, 15) is 18.5 Å². The highest BCUT2D eigenvalue weighted by atomic mass is 35.5. The van der Waals surface area contributed by atoms with Crippen molar-refractivity contribution in [1.29, 1.82) is 0 Å². The van der Waals surface area contributed by atoms with E-state index in [2.05, 4.69) is 10.0 Å². The van der Waals surface area contributed by atoms with Gasteiger partial charge in [0.05, 0.1) is 22.1 Å². The van der Waals surface area contributed by atoms with Crippen molar-refractivity contribution < 1.29 is 18.1 Å². The monoisotopic (exact) mass is 363 g/mol. The molecule has 1 aromatic rings. The molecule has 1 fully saturated rings. The van der Waals surface area contributed by atoms with E-state index < -0.39 is 20.5 Å². The molecule has 1 aliphatic rings. The zero-order chi connectivity index (χ0) is 17.1. The summed E-state index contributed by atoms with van der Waals surface area (Å²) in [5, 5.41) is 13.8. The Labute approximate surface area is 139 Å². The second-order valence-electron chi connectivity index (χ2n) is 5.44. The van der Waals surface area contributed by atoms with Gasteiger partial charge in [0, 0.05) is 25.8 Å². The number of methoxy groups -OCH3 is 1. The van der Waals surface area contributed by atoms with Gasteiger partial charge in [0.2, 0.25) is 10.0 Å². The first-order valence-electron chi connectivity index (χ1n) is 6.97. The van der Waals surface area contributed by atoms with Crippen molar-refractivity contribution in [3.05, 3.63) is 33.3 Å². The molecule has 0 radical (unpaired) electrons. The van der Waals surface area contributed by atoms with Gasteiger partial charge in [-0.05, 0) is 25.5 Å². The van der Waals surface area contributed by atoms with Gasteiger partial charge in [0.25, 0.3) is 5.69 Å². The molecule has 0 saturated carbocycles. The first-order chi connectivity index (χ1) is 10.8. The topological polar surface area (TPSA) is 111 Å². The standard InChI is InChI=1S/C13H18ClN3O5S/c1-22-9-13(5-2-6-15-13)8-16-23(20,21)12-4-3-10(17(18)19)7-11(12)14/h3-4,7,15-16H,2,5-6,8-9H2,1H3. The molecule has 1 unspecified atom stereocenters. The van der Waals surface area contributed by atoms with Crippen molar-refractivity contribution in [3.63, 3.8) is 0 Å². The molecule has 1 aliphatic heterocycles. The molecule has 1 heterocycles. The molecule has 23 heavy (non-hydrogen) atoms. The van der Waals surface area contributed by atoms with Crippen LogP contribution in [0.1, 0.15) is 12.8 Å². The second kappa shape index (κ2) is 7.10. The largest absolute Gasteiger partial charge is 0.383 e. The van der Waals surface area contributed by atoms with E-state index in [0.29, 0.717) is 6.61 Å². The van der Waals surface area contributed by atoms with Crippen molar-refractivity contribution in [1.82, 2.24) is 10.0 Å². The zero-order valence-corrected chi connectivity index (χ0v) is 14.1. The van der Waals surface area contributed by atoms with Crippen LogP contribution in [0.25, 0.3) is 0 Å². The molecule has 10 heteroatoms. The zero-order valence-electron chi connectivity index (χ0n) is 12.5. The minimum atomic E-state index is -3.88. The molecule has 1 saturated heterocycles. The molecule has 0 aliphatic carbocycles. The Balaban J connectivity index is 2.17. The minimum absolute atomic E-state index is 0.149. The average Bonchev–Trinajstić information content (AvgIpc) is 2.94. The predicted molar refractivity (Wildman–Crippen MR) is 85.1 cm³/mol. The number of ether oxygens (including phenoxy) is 1. The maximum Gasteiger partial charge on any atom is 0.271 e. The van der Waals surface area contributed by atoms with Crippen LogP contribution in [0.4, 0.5) is 5.69 Å². The lowest BCUT2D eigenvalue weighted by molar-refractivity contribution is -0.384. The third kappa shape index (κ3) is 4.18. The van der Waals surface area contributed by atoms with Crippen molar-refractivity contribution in [2.24, 2.45) is 0 Å². The fraction of sp³-hybridized carbons (Fsp3) is 0.538. The lowest BCUT2D eigenvalue weighted by Gasteiger charge is -2.28.